The average molecular weight is 376 g/mol. The molecule has 148 valence electrons. The molecule has 0 unspecified atom stereocenters. The summed E-state index contributed by atoms with van der Waals surface area (Å²) in [6, 6.07) is 7.17. The van der Waals surface area contributed by atoms with Crippen molar-refractivity contribution < 1.29 is 24.2 Å². The Labute approximate surface area is 160 Å². The summed E-state index contributed by atoms with van der Waals surface area (Å²) in [5.74, 6) is 0.0617. The summed E-state index contributed by atoms with van der Waals surface area (Å²) in [6.45, 7) is 3.57. The Hall–Kier alpha value is -2.38. The lowest BCUT2D eigenvalue weighted by molar-refractivity contribution is -0.137. The van der Waals surface area contributed by atoms with Crippen molar-refractivity contribution in [1.82, 2.24) is 9.80 Å². The summed E-state index contributed by atoms with van der Waals surface area (Å²) in [5, 5.41) is 9.26. The fourth-order valence-electron chi connectivity index (χ4n) is 2.95. The third kappa shape index (κ3) is 4.87. The number of ether oxygens (including phenoxy) is 2. The molecule has 1 aromatic rings. The fraction of sp³-hybridized carbons (Fsp3) is 0.500. The second kappa shape index (κ2) is 10.1. The van der Waals surface area contributed by atoms with Gasteiger partial charge in [-0.1, -0.05) is 19.1 Å². The molecule has 27 heavy (non-hydrogen) atoms. The van der Waals surface area contributed by atoms with Gasteiger partial charge in [-0.05, 0) is 30.5 Å². The zero-order valence-corrected chi connectivity index (χ0v) is 16.2. The maximum Gasteiger partial charge on any atom is 0.277 e. The smallest absolute Gasteiger partial charge is 0.277 e. The second-order valence-electron chi connectivity index (χ2n) is 6.35. The molecule has 1 aliphatic rings. The van der Waals surface area contributed by atoms with Gasteiger partial charge in [0.15, 0.2) is 0 Å². The zero-order chi connectivity index (χ0) is 19.8. The Morgan fingerprint density at radius 3 is 2.41 bits per heavy atom. The maximum absolute atomic E-state index is 13.0. The summed E-state index contributed by atoms with van der Waals surface area (Å²) in [5.41, 5.74) is 1.33. The predicted octanol–water partition coefficient (Wildman–Crippen LogP) is 1.52. The van der Waals surface area contributed by atoms with Crippen LogP contribution in [-0.2, 0) is 14.3 Å². The zero-order valence-electron chi connectivity index (χ0n) is 16.2. The Balaban J connectivity index is 2.34. The molecule has 0 atom stereocenters. The monoisotopic (exact) mass is 376 g/mol. The van der Waals surface area contributed by atoms with Crippen LogP contribution >= 0.6 is 0 Å². The summed E-state index contributed by atoms with van der Waals surface area (Å²) in [4.78, 5) is 28.7. The van der Waals surface area contributed by atoms with Crippen LogP contribution in [0.25, 0.3) is 5.57 Å². The highest BCUT2D eigenvalue weighted by Gasteiger charge is 2.40. The topological polar surface area (TPSA) is 79.3 Å². The Bertz CT molecular complexity index is 684. The van der Waals surface area contributed by atoms with E-state index < -0.39 is 0 Å². The summed E-state index contributed by atoms with van der Waals surface area (Å²) in [6.07, 6.45) is 1.48. The van der Waals surface area contributed by atoms with Crippen LogP contribution in [0.1, 0.15) is 25.3 Å². The number of carbonyl (C=O) groups excluding carboxylic acids is 2. The third-order valence-corrected chi connectivity index (χ3v) is 4.31. The molecule has 7 heteroatoms. The predicted molar refractivity (Wildman–Crippen MR) is 102 cm³/mol. The molecule has 2 rings (SSSR count). The van der Waals surface area contributed by atoms with E-state index in [4.69, 9.17) is 9.47 Å². The first-order valence-electron chi connectivity index (χ1n) is 9.19. The molecule has 0 radical (unpaired) electrons. The van der Waals surface area contributed by atoms with Gasteiger partial charge in [0.05, 0.1) is 18.8 Å². The number of amides is 2. The van der Waals surface area contributed by atoms with Crippen molar-refractivity contribution in [3.05, 3.63) is 35.5 Å². The van der Waals surface area contributed by atoms with Gasteiger partial charge in [-0.25, -0.2) is 0 Å². The molecule has 0 saturated carbocycles. The van der Waals surface area contributed by atoms with Gasteiger partial charge in [-0.2, -0.15) is 0 Å². The van der Waals surface area contributed by atoms with E-state index in [1.54, 1.807) is 43.3 Å². The van der Waals surface area contributed by atoms with E-state index >= 15 is 0 Å². The van der Waals surface area contributed by atoms with E-state index in [0.29, 0.717) is 43.0 Å². The highest BCUT2D eigenvalue weighted by molar-refractivity contribution is 6.35. The van der Waals surface area contributed by atoms with Crippen molar-refractivity contribution in [3.8, 4) is 5.75 Å². The number of likely N-dealkylation sites (N-methyl/N-ethyl adjacent to an activating group) is 1. The Kier molecular flexibility index (Phi) is 7.82. The molecule has 1 aliphatic heterocycles. The largest absolute Gasteiger partial charge is 0.494 e. The van der Waals surface area contributed by atoms with Crippen molar-refractivity contribution in [2.45, 2.75) is 19.8 Å². The maximum atomic E-state index is 13.0. The van der Waals surface area contributed by atoms with Crippen molar-refractivity contribution in [2.75, 3.05) is 47.1 Å². The van der Waals surface area contributed by atoms with E-state index in [-0.39, 0.29) is 25.0 Å². The number of benzene rings is 1. The molecule has 0 fully saturated rings. The Morgan fingerprint density at radius 1 is 1.11 bits per heavy atom. The summed E-state index contributed by atoms with van der Waals surface area (Å²) in [7, 11) is 3.29. The van der Waals surface area contributed by atoms with Gasteiger partial charge >= 0.3 is 0 Å². The quantitative estimate of drug-likeness (QED) is 0.466. The van der Waals surface area contributed by atoms with Crippen LogP contribution in [0.5, 0.6) is 5.75 Å². The molecule has 1 heterocycles. The second-order valence-corrected chi connectivity index (χ2v) is 6.35. The number of carbonyl (C=O) groups is 2. The number of methoxy groups -OCH3 is 1. The molecule has 7 nitrogen and oxygen atoms in total. The average Bonchev–Trinajstić information content (AvgIpc) is 2.92. The molecule has 0 aromatic heterocycles. The van der Waals surface area contributed by atoms with Crippen LogP contribution in [0.4, 0.5) is 0 Å². The minimum absolute atomic E-state index is 0.109. The van der Waals surface area contributed by atoms with E-state index in [9.17, 15) is 14.7 Å². The van der Waals surface area contributed by atoms with Crippen LogP contribution in [0, 0.1) is 0 Å². The van der Waals surface area contributed by atoms with Gasteiger partial charge in [-0.15, -0.1) is 0 Å². The van der Waals surface area contributed by atoms with Gasteiger partial charge in [0.1, 0.15) is 11.4 Å². The summed E-state index contributed by atoms with van der Waals surface area (Å²) >= 11 is 0. The molecule has 0 aliphatic carbocycles. The van der Waals surface area contributed by atoms with E-state index in [1.807, 2.05) is 6.92 Å². The molecule has 0 bridgehead atoms. The number of aliphatic hydroxyl groups is 1. The third-order valence-electron chi connectivity index (χ3n) is 4.31. The van der Waals surface area contributed by atoms with E-state index in [1.165, 1.54) is 4.90 Å². The highest BCUT2D eigenvalue weighted by Crippen LogP contribution is 2.32. The number of hydrogen-bond acceptors (Lipinski definition) is 6. The molecular weight excluding hydrogens is 348 g/mol. The molecule has 1 N–H and O–H groups in total. The van der Waals surface area contributed by atoms with Crippen LogP contribution < -0.4 is 4.74 Å². The van der Waals surface area contributed by atoms with Crippen molar-refractivity contribution in [2.24, 2.45) is 0 Å². The SMILES string of the molecule is CCCOc1ccc(C2=C(N(C)CCO)C(=O)N(CCCOC)C2=O)cc1. The van der Waals surface area contributed by atoms with Crippen LogP contribution in [0.15, 0.2) is 30.0 Å². The number of aliphatic hydroxyl groups excluding tert-OH is 1. The van der Waals surface area contributed by atoms with Gasteiger partial charge in [0, 0.05) is 33.9 Å². The minimum atomic E-state index is -0.339. The van der Waals surface area contributed by atoms with Gasteiger partial charge < -0.3 is 19.5 Å². The molecule has 0 spiro atoms. The number of hydrogen-bond donors (Lipinski definition) is 1. The van der Waals surface area contributed by atoms with Crippen molar-refractivity contribution >= 4 is 17.4 Å². The van der Waals surface area contributed by atoms with Crippen molar-refractivity contribution in [3.63, 3.8) is 0 Å². The van der Waals surface area contributed by atoms with Crippen molar-refractivity contribution in [1.29, 1.82) is 0 Å². The van der Waals surface area contributed by atoms with Crippen LogP contribution in [0.2, 0.25) is 0 Å². The van der Waals surface area contributed by atoms with Crippen LogP contribution in [0.3, 0.4) is 0 Å². The highest BCUT2D eigenvalue weighted by atomic mass is 16.5. The first-order valence-corrected chi connectivity index (χ1v) is 9.19. The standard InChI is InChI=1S/C20H28N2O5/c1-4-13-27-16-8-6-15(7-9-16)17-18(21(2)11-12-23)20(25)22(19(17)24)10-5-14-26-3/h6-9,23H,4-5,10-14H2,1-3H3. The molecular formula is C20H28N2O5. The van der Waals surface area contributed by atoms with E-state index in [2.05, 4.69) is 0 Å². The minimum Gasteiger partial charge on any atom is -0.494 e. The lowest BCUT2D eigenvalue weighted by Gasteiger charge is -2.20. The molecule has 2 amide bonds. The lowest BCUT2D eigenvalue weighted by Crippen LogP contribution is -2.35. The van der Waals surface area contributed by atoms with E-state index in [0.717, 1.165) is 12.2 Å². The van der Waals surface area contributed by atoms with Crippen LogP contribution in [-0.4, -0.2) is 73.8 Å². The summed E-state index contributed by atoms with van der Waals surface area (Å²) < 4.78 is 10.6. The Morgan fingerprint density at radius 2 is 1.81 bits per heavy atom. The normalized spacial score (nSPS) is 14.3. The van der Waals surface area contributed by atoms with Gasteiger partial charge in [0.25, 0.3) is 11.8 Å². The van der Waals surface area contributed by atoms with Gasteiger partial charge in [0.2, 0.25) is 0 Å². The molecule has 0 saturated heterocycles. The fourth-order valence-corrected chi connectivity index (χ4v) is 2.95. The number of rotatable bonds is 11. The first-order chi connectivity index (χ1) is 13.0. The number of imide groups is 1. The first kappa shape index (κ1) is 20.9. The lowest BCUT2D eigenvalue weighted by atomic mass is 10.0. The molecule has 1 aromatic carbocycles. The number of nitrogens with zero attached hydrogens (tertiary/aromatic N) is 2. The van der Waals surface area contributed by atoms with Gasteiger partial charge in [-0.3, -0.25) is 14.5 Å².